The van der Waals surface area contributed by atoms with Gasteiger partial charge in [-0.15, -0.1) is 0 Å². The van der Waals surface area contributed by atoms with Crippen LogP contribution in [-0.2, 0) is 4.74 Å². The smallest absolute Gasteiger partial charge is 0.255 e. The highest BCUT2D eigenvalue weighted by Gasteiger charge is 2.28. The molecular weight excluding hydrogens is 316 g/mol. The number of morpholine rings is 1. The quantitative estimate of drug-likeness (QED) is 0.931. The SMILES string of the molecule is O=C(c1ccccc1N1CCOCC1)N1CCC[C@H](c2ccn[nH]2)C1. The molecule has 3 heterocycles. The lowest BCUT2D eigenvalue weighted by Gasteiger charge is -2.34. The number of aromatic nitrogens is 2. The molecule has 2 saturated heterocycles. The van der Waals surface area contributed by atoms with E-state index in [9.17, 15) is 4.79 Å². The number of ether oxygens (including phenoxy) is 1. The second kappa shape index (κ2) is 7.27. The van der Waals surface area contributed by atoms with E-state index in [2.05, 4.69) is 21.2 Å². The molecule has 1 aromatic carbocycles. The molecule has 6 heteroatoms. The maximum absolute atomic E-state index is 13.2. The van der Waals surface area contributed by atoms with Crippen molar-refractivity contribution in [3.05, 3.63) is 47.8 Å². The number of benzene rings is 1. The molecule has 0 bridgehead atoms. The van der Waals surface area contributed by atoms with Crippen molar-refractivity contribution in [1.29, 1.82) is 0 Å². The molecule has 1 atom stereocenters. The number of para-hydroxylation sites is 1. The first-order chi connectivity index (χ1) is 12.3. The summed E-state index contributed by atoms with van der Waals surface area (Å²) in [4.78, 5) is 17.5. The summed E-state index contributed by atoms with van der Waals surface area (Å²) >= 11 is 0. The number of nitrogens with zero attached hydrogens (tertiary/aromatic N) is 3. The van der Waals surface area contributed by atoms with E-state index in [0.717, 1.165) is 56.0 Å². The Labute approximate surface area is 147 Å². The van der Waals surface area contributed by atoms with Gasteiger partial charge in [0.25, 0.3) is 5.91 Å². The Hall–Kier alpha value is -2.34. The maximum Gasteiger partial charge on any atom is 0.255 e. The fourth-order valence-electron chi connectivity index (χ4n) is 3.81. The predicted molar refractivity (Wildman–Crippen MR) is 95.9 cm³/mol. The van der Waals surface area contributed by atoms with E-state index >= 15 is 0 Å². The molecular formula is C19H24N4O2. The zero-order chi connectivity index (χ0) is 17.1. The van der Waals surface area contributed by atoms with Crippen LogP contribution in [-0.4, -0.2) is 60.4 Å². The lowest BCUT2D eigenvalue weighted by atomic mass is 9.94. The fraction of sp³-hybridized carbons (Fsp3) is 0.474. The van der Waals surface area contributed by atoms with Crippen molar-refractivity contribution >= 4 is 11.6 Å². The minimum Gasteiger partial charge on any atom is -0.378 e. The van der Waals surface area contributed by atoms with E-state index in [1.807, 2.05) is 29.2 Å². The molecule has 2 fully saturated rings. The zero-order valence-electron chi connectivity index (χ0n) is 14.4. The van der Waals surface area contributed by atoms with Crippen LogP contribution in [0.4, 0.5) is 5.69 Å². The van der Waals surface area contributed by atoms with Gasteiger partial charge in [0.2, 0.25) is 0 Å². The third-order valence-electron chi connectivity index (χ3n) is 5.16. The normalized spacial score (nSPS) is 21.4. The topological polar surface area (TPSA) is 61.5 Å². The summed E-state index contributed by atoms with van der Waals surface area (Å²) in [6.07, 6.45) is 3.90. The van der Waals surface area contributed by atoms with Gasteiger partial charge in [-0.05, 0) is 31.0 Å². The number of anilines is 1. The molecule has 2 aromatic rings. The van der Waals surface area contributed by atoms with Gasteiger partial charge in [-0.2, -0.15) is 5.10 Å². The number of nitrogens with one attached hydrogen (secondary N) is 1. The van der Waals surface area contributed by atoms with Crippen LogP contribution in [0.1, 0.15) is 34.8 Å². The van der Waals surface area contributed by atoms with Crippen molar-refractivity contribution in [2.75, 3.05) is 44.3 Å². The number of likely N-dealkylation sites (tertiary alicyclic amines) is 1. The first kappa shape index (κ1) is 16.1. The average Bonchev–Trinajstić information content (AvgIpc) is 3.23. The summed E-state index contributed by atoms with van der Waals surface area (Å²) in [5.74, 6) is 0.474. The van der Waals surface area contributed by atoms with Crippen LogP contribution >= 0.6 is 0 Å². The summed E-state index contributed by atoms with van der Waals surface area (Å²) in [7, 11) is 0. The van der Waals surface area contributed by atoms with E-state index in [-0.39, 0.29) is 5.91 Å². The minimum absolute atomic E-state index is 0.131. The standard InChI is InChI=1S/C19H24N4O2/c24-19(23-9-3-4-15(14-23)17-7-8-20-21-17)16-5-1-2-6-18(16)22-10-12-25-13-11-22/h1-2,5-8,15H,3-4,9-14H2,(H,20,21)/t15-/m0/s1. The molecule has 4 rings (SSSR count). The highest BCUT2D eigenvalue weighted by Crippen LogP contribution is 2.29. The van der Waals surface area contributed by atoms with Crippen molar-refractivity contribution in [3.8, 4) is 0 Å². The summed E-state index contributed by atoms with van der Waals surface area (Å²) < 4.78 is 5.45. The van der Waals surface area contributed by atoms with Gasteiger partial charge < -0.3 is 14.5 Å². The van der Waals surface area contributed by atoms with Crippen LogP contribution in [0.5, 0.6) is 0 Å². The summed E-state index contributed by atoms with van der Waals surface area (Å²) in [6, 6.07) is 9.97. The predicted octanol–water partition coefficient (Wildman–Crippen LogP) is 2.27. The number of amides is 1. The number of piperidine rings is 1. The highest BCUT2D eigenvalue weighted by molar-refractivity contribution is 6.00. The fourth-order valence-corrected chi connectivity index (χ4v) is 3.81. The average molecular weight is 340 g/mol. The molecule has 25 heavy (non-hydrogen) atoms. The molecule has 0 spiro atoms. The molecule has 1 amide bonds. The summed E-state index contributed by atoms with van der Waals surface area (Å²) in [5, 5.41) is 7.11. The van der Waals surface area contributed by atoms with Gasteiger partial charge in [0.1, 0.15) is 0 Å². The summed E-state index contributed by atoms with van der Waals surface area (Å²) in [5.41, 5.74) is 2.95. The molecule has 2 aliphatic rings. The Kier molecular flexibility index (Phi) is 4.70. The van der Waals surface area contributed by atoms with Crippen molar-refractivity contribution in [2.24, 2.45) is 0 Å². The molecule has 0 unspecified atom stereocenters. The Morgan fingerprint density at radius 1 is 1.16 bits per heavy atom. The van der Waals surface area contributed by atoms with E-state index in [1.165, 1.54) is 0 Å². The monoisotopic (exact) mass is 340 g/mol. The third-order valence-corrected chi connectivity index (χ3v) is 5.16. The third kappa shape index (κ3) is 3.39. The zero-order valence-corrected chi connectivity index (χ0v) is 14.4. The number of rotatable bonds is 3. The molecule has 1 aromatic heterocycles. The largest absolute Gasteiger partial charge is 0.378 e. The van der Waals surface area contributed by atoms with E-state index < -0.39 is 0 Å². The van der Waals surface area contributed by atoms with E-state index in [1.54, 1.807) is 6.20 Å². The maximum atomic E-state index is 13.2. The van der Waals surface area contributed by atoms with Crippen LogP contribution in [0.2, 0.25) is 0 Å². The van der Waals surface area contributed by atoms with Crippen molar-refractivity contribution in [2.45, 2.75) is 18.8 Å². The van der Waals surface area contributed by atoms with Crippen LogP contribution in [0.3, 0.4) is 0 Å². The molecule has 2 aliphatic heterocycles. The molecule has 0 aliphatic carbocycles. The van der Waals surface area contributed by atoms with Crippen molar-refractivity contribution < 1.29 is 9.53 Å². The van der Waals surface area contributed by atoms with Crippen LogP contribution in [0, 0.1) is 0 Å². The molecule has 132 valence electrons. The Morgan fingerprint density at radius 2 is 2.00 bits per heavy atom. The van der Waals surface area contributed by atoms with Crippen molar-refractivity contribution in [3.63, 3.8) is 0 Å². The Bertz CT molecular complexity index is 710. The number of carbonyl (C=O) groups is 1. The number of aromatic amines is 1. The number of carbonyl (C=O) groups excluding carboxylic acids is 1. The van der Waals surface area contributed by atoms with Gasteiger partial charge in [0.15, 0.2) is 0 Å². The van der Waals surface area contributed by atoms with Crippen LogP contribution in [0.25, 0.3) is 0 Å². The van der Waals surface area contributed by atoms with Crippen LogP contribution in [0.15, 0.2) is 36.5 Å². The summed E-state index contributed by atoms with van der Waals surface area (Å²) in [6.45, 7) is 4.67. The number of H-pyrrole nitrogens is 1. The Morgan fingerprint density at radius 3 is 2.80 bits per heavy atom. The highest BCUT2D eigenvalue weighted by atomic mass is 16.5. The van der Waals surface area contributed by atoms with Crippen molar-refractivity contribution in [1.82, 2.24) is 15.1 Å². The lowest BCUT2D eigenvalue weighted by molar-refractivity contribution is 0.0705. The second-order valence-corrected chi connectivity index (χ2v) is 6.72. The van der Waals surface area contributed by atoms with E-state index in [4.69, 9.17) is 4.74 Å². The van der Waals surface area contributed by atoms with Gasteiger partial charge in [-0.25, -0.2) is 0 Å². The first-order valence-electron chi connectivity index (χ1n) is 9.03. The van der Waals surface area contributed by atoms with Gasteiger partial charge in [0, 0.05) is 49.7 Å². The number of hydrogen-bond donors (Lipinski definition) is 1. The van der Waals surface area contributed by atoms with Gasteiger partial charge in [0.05, 0.1) is 18.8 Å². The number of hydrogen-bond acceptors (Lipinski definition) is 4. The Balaban J connectivity index is 1.54. The second-order valence-electron chi connectivity index (χ2n) is 6.72. The molecule has 0 saturated carbocycles. The molecule has 6 nitrogen and oxygen atoms in total. The molecule has 1 N–H and O–H groups in total. The molecule has 0 radical (unpaired) electrons. The van der Waals surface area contributed by atoms with Gasteiger partial charge >= 0.3 is 0 Å². The first-order valence-corrected chi connectivity index (χ1v) is 9.03. The minimum atomic E-state index is 0.131. The van der Waals surface area contributed by atoms with Crippen LogP contribution < -0.4 is 4.90 Å². The van der Waals surface area contributed by atoms with E-state index in [0.29, 0.717) is 19.1 Å². The van der Waals surface area contributed by atoms with Gasteiger partial charge in [-0.3, -0.25) is 9.89 Å². The lowest BCUT2D eigenvalue weighted by Crippen LogP contribution is -2.41. The van der Waals surface area contributed by atoms with Gasteiger partial charge in [-0.1, -0.05) is 12.1 Å².